The zero-order valence-electron chi connectivity index (χ0n) is 9.36. The van der Waals surface area contributed by atoms with Crippen molar-refractivity contribution in [3.8, 4) is 0 Å². The molecule has 0 unspecified atom stereocenters. The molecule has 0 aromatic carbocycles. The van der Waals surface area contributed by atoms with Gasteiger partial charge in [0.2, 0.25) is 11.8 Å². The molecular formula is C11H16N2O3. The Morgan fingerprint density at radius 1 is 1.12 bits per heavy atom. The lowest BCUT2D eigenvalue weighted by atomic mass is 9.86. The van der Waals surface area contributed by atoms with E-state index in [1.807, 2.05) is 0 Å². The number of carbonyl (C=O) groups excluding carboxylic acids is 3. The molecule has 1 aliphatic heterocycles. The van der Waals surface area contributed by atoms with Gasteiger partial charge in [-0.2, -0.15) is 0 Å². The van der Waals surface area contributed by atoms with E-state index >= 15 is 0 Å². The molecule has 1 aliphatic carbocycles. The number of carbonyl (C=O) groups is 3. The molecule has 1 saturated heterocycles. The summed E-state index contributed by atoms with van der Waals surface area (Å²) in [5.74, 6) is -0.176. The van der Waals surface area contributed by atoms with Gasteiger partial charge in [-0.1, -0.05) is 6.92 Å². The average molecular weight is 224 g/mol. The molecule has 4 amide bonds. The van der Waals surface area contributed by atoms with Gasteiger partial charge in [-0.25, -0.2) is 4.79 Å². The quantitative estimate of drug-likeness (QED) is 0.676. The van der Waals surface area contributed by atoms with Crippen molar-refractivity contribution in [1.29, 1.82) is 0 Å². The second kappa shape index (κ2) is 4.23. The fourth-order valence-electron chi connectivity index (χ4n) is 2.43. The van der Waals surface area contributed by atoms with Gasteiger partial charge >= 0.3 is 6.03 Å². The molecule has 88 valence electrons. The normalized spacial score (nSPS) is 31.6. The van der Waals surface area contributed by atoms with Crippen LogP contribution in [0.15, 0.2) is 0 Å². The predicted octanol–water partition coefficient (Wildman–Crippen LogP) is 1.03. The fraction of sp³-hybridized carbons (Fsp3) is 0.727. The summed E-state index contributed by atoms with van der Waals surface area (Å²) in [7, 11) is 0. The maximum atomic E-state index is 11.6. The lowest BCUT2D eigenvalue weighted by Crippen LogP contribution is -2.57. The maximum Gasteiger partial charge on any atom is 0.331 e. The smallest absolute Gasteiger partial charge is 0.277 e. The molecule has 2 aliphatic rings. The van der Waals surface area contributed by atoms with Crippen molar-refractivity contribution in [2.24, 2.45) is 5.92 Å². The number of imide groups is 2. The van der Waals surface area contributed by atoms with Crippen molar-refractivity contribution in [1.82, 2.24) is 10.2 Å². The highest BCUT2D eigenvalue weighted by Gasteiger charge is 2.37. The lowest BCUT2D eigenvalue weighted by molar-refractivity contribution is -0.138. The van der Waals surface area contributed by atoms with E-state index in [2.05, 4.69) is 12.2 Å². The first-order valence-electron chi connectivity index (χ1n) is 5.74. The van der Waals surface area contributed by atoms with Gasteiger partial charge in [-0.15, -0.1) is 0 Å². The van der Waals surface area contributed by atoms with Crippen LogP contribution in [0, 0.1) is 5.92 Å². The second-order valence-electron chi connectivity index (χ2n) is 4.71. The Labute approximate surface area is 94.2 Å². The van der Waals surface area contributed by atoms with Gasteiger partial charge < -0.3 is 0 Å². The van der Waals surface area contributed by atoms with Crippen molar-refractivity contribution in [3.05, 3.63) is 0 Å². The summed E-state index contributed by atoms with van der Waals surface area (Å²) in [6.07, 6.45) is 3.59. The number of nitrogens with one attached hydrogen (secondary N) is 1. The summed E-state index contributed by atoms with van der Waals surface area (Å²) in [5.41, 5.74) is 0. The van der Waals surface area contributed by atoms with Crippen LogP contribution in [0.3, 0.4) is 0 Å². The molecule has 5 nitrogen and oxygen atoms in total. The number of barbiturate groups is 1. The predicted molar refractivity (Wildman–Crippen MR) is 56.4 cm³/mol. The van der Waals surface area contributed by atoms with E-state index < -0.39 is 11.9 Å². The Morgan fingerprint density at radius 2 is 1.75 bits per heavy atom. The third-order valence-electron chi connectivity index (χ3n) is 3.40. The zero-order chi connectivity index (χ0) is 11.7. The minimum Gasteiger partial charge on any atom is -0.277 e. The highest BCUT2D eigenvalue weighted by Crippen LogP contribution is 2.28. The maximum absolute atomic E-state index is 11.6. The summed E-state index contributed by atoms with van der Waals surface area (Å²) in [6.45, 7) is 2.18. The highest BCUT2D eigenvalue weighted by molar-refractivity contribution is 6.14. The Morgan fingerprint density at radius 3 is 2.31 bits per heavy atom. The molecule has 0 spiro atoms. The molecule has 0 radical (unpaired) electrons. The number of nitrogens with zero attached hydrogens (tertiary/aromatic N) is 1. The minimum atomic E-state index is -0.541. The highest BCUT2D eigenvalue weighted by atomic mass is 16.2. The number of hydrogen-bond donors (Lipinski definition) is 1. The summed E-state index contributed by atoms with van der Waals surface area (Å²) >= 11 is 0. The Bertz CT molecular complexity index is 312. The standard InChI is InChI=1S/C11H16N2O3/c1-7-2-4-8(5-3-7)13-10(15)6-9(14)12-11(13)16/h7-8H,2-6H2,1H3,(H,12,14,16). The van der Waals surface area contributed by atoms with Crippen molar-refractivity contribution in [2.45, 2.75) is 45.1 Å². The lowest BCUT2D eigenvalue weighted by Gasteiger charge is -2.36. The monoisotopic (exact) mass is 224 g/mol. The van der Waals surface area contributed by atoms with E-state index in [0.29, 0.717) is 5.92 Å². The van der Waals surface area contributed by atoms with E-state index in [4.69, 9.17) is 0 Å². The number of urea groups is 1. The van der Waals surface area contributed by atoms with Crippen LogP contribution in [-0.4, -0.2) is 28.8 Å². The van der Waals surface area contributed by atoms with Crippen LogP contribution >= 0.6 is 0 Å². The topological polar surface area (TPSA) is 66.5 Å². The molecule has 0 atom stereocenters. The molecule has 2 rings (SSSR count). The van der Waals surface area contributed by atoms with E-state index in [0.717, 1.165) is 25.7 Å². The molecular weight excluding hydrogens is 208 g/mol. The van der Waals surface area contributed by atoms with Crippen LogP contribution < -0.4 is 5.32 Å². The van der Waals surface area contributed by atoms with Crippen molar-refractivity contribution < 1.29 is 14.4 Å². The molecule has 0 bridgehead atoms. The molecule has 1 saturated carbocycles. The summed E-state index contributed by atoms with van der Waals surface area (Å²) in [4.78, 5) is 35.4. The molecule has 2 fully saturated rings. The minimum absolute atomic E-state index is 0.0169. The second-order valence-corrected chi connectivity index (χ2v) is 4.71. The molecule has 0 aromatic rings. The van der Waals surface area contributed by atoms with Gasteiger partial charge in [0.25, 0.3) is 0 Å². The van der Waals surface area contributed by atoms with Crippen LogP contribution in [-0.2, 0) is 9.59 Å². The van der Waals surface area contributed by atoms with Gasteiger partial charge in [0.05, 0.1) is 0 Å². The Kier molecular flexibility index (Phi) is 2.94. The van der Waals surface area contributed by atoms with Crippen LogP contribution in [0.4, 0.5) is 4.79 Å². The van der Waals surface area contributed by atoms with Gasteiger partial charge in [-0.3, -0.25) is 19.8 Å². The Hall–Kier alpha value is -1.39. The van der Waals surface area contributed by atoms with Gasteiger partial charge in [0.15, 0.2) is 0 Å². The zero-order valence-corrected chi connectivity index (χ0v) is 9.36. The summed E-state index contributed by atoms with van der Waals surface area (Å²) < 4.78 is 0. The van der Waals surface area contributed by atoms with Gasteiger partial charge in [0, 0.05) is 6.04 Å². The van der Waals surface area contributed by atoms with Crippen molar-refractivity contribution in [3.63, 3.8) is 0 Å². The van der Waals surface area contributed by atoms with Crippen molar-refractivity contribution >= 4 is 17.8 Å². The SMILES string of the molecule is CC1CCC(N2C(=O)CC(=O)NC2=O)CC1. The largest absolute Gasteiger partial charge is 0.331 e. The molecule has 16 heavy (non-hydrogen) atoms. The third-order valence-corrected chi connectivity index (χ3v) is 3.40. The van der Waals surface area contributed by atoms with Crippen LogP contribution in [0.1, 0.15) is 39.0 Å². The number of hydrogen-bond acceptors (Lipinski definition) is 3. The van der Waals surface area contributed by atoms with E-state index in [9.17, 15) is 14.4 Å². The first kappa shape index (κ1) is 11.1. The Balaban J connectivity index is 2.05. The van der Waals surface area contributed by atoms with Gasteiger partial charge in [-0.05, 0) is 31.6 Å². The first-order chi connectivity index (χ1) is 7.58. The number of rotatable bonds is 1. The first-order valence-corrected chi connectivity index (χ1v) is 5.74. The summed E-state index contributed by atoms with van der Waals surface area (Å²) in [6, 6.07) is -0.558. The van der Waals surface area contributed by atoms with E-state index in [1.54, 1.807) is 0 Å². The van der Waals surface area contributed by atoms with Crippen LogP contribution in [0.5, 0.6) is 0 Å². The molecule has 5 heteroatoms. The molecule has 1 heterocycles. The molecule has 1 N–H and O–H groups in total. The van der Waals surface area contributed by atoms with Crippen LogP contribution in [0.25, 0.3) is 0 Å². The van der Waals surface area contributed by atoms with E-state index in [1.165, 1.54) is 4.90 Å². The average Bonchev–Trinajstić information content (AvgIpc) is 2.19. The van der Waals surface area contributed by atoms with E-state index in [-0.39, 0.29) is 18.4 Å². The van der Waals surface area contributed by atoms with Crippen molar-refractivity contribution in [2.75, 3.05) is 0 Å². The molecule has 0 aromatic heterocycles. The van der Waals surface area contributed by atoms with Gasteiger partial charge in [0.1, 0.15) is 6.42 Å². The number of amides is 4. The fourth-order valence-corrected chi connectivity index (χ4v) is 2.43. The van der Waals surface area contributed by atoms with Crippen LogP contribution in [0.2, 0.25) is 0 Å². The summed E-state index contributed by atoms with van der Waals surface area (Å²) in [5, 5.41) is 2.20. The third kappa shape index (κ3) is 2.08.